The van der Waals surface area contributed by atoms with E-state index < -0.39 is 11.5 Å². The lowest BCUT2D eigenvalue weighted by Gasteiger charge is -2.03. The smallest absolute Gasteiger partial charge is 0.287 e. The summed E-state index contributed by atoms with van der Waals surface area (Å²) in [4.78, 5) is 48.3. The number of aromatic amines is 2. The van der Waals surface area contributed by atoms with E-state index >= 15 is 0 Å². The van der Waals surface area contributed by atoms with Crippen LogP contribution in [0.3, 0.4) is 0 Å². The molecule has 0 amide bonds. The van der Waals surface area contributed by atoms with E-state index in [-0.39, 0.29) is 23.1 Å². The molecule has 6 N–H and O–H groups in total. The topological polar surface area (TPSA) is 187 Å². The molecule has 0 saturated carbocycles. The summed E-state index contributed by atoms with van der Waals surface area (Å²) in [6, 6.07) is 10.2. The predicted molar refractivity (Wildman–Crippen MR) is 121 cm³/mol. The summed E-state index contributed by atoms with van der Waals surface area (Å²) in [6.45, 7) is 1.24. The molecule has 0 fully saturated rings. The monoisotopic (exact) mass is 450 g/mol. The standard InChI is InChI=1S/C12H11N5S.C7H7N5O2/c13-12-16-10-9(14-7-15-10)11(17-12)18-6-8-4-2-1-3-5-8;1-3(13)12-6(14)4-5(10-2-9-4)11-7(12)8/h1-5,7H,6H2,(H3,13,14,15,16,17);2H,1H3,(H2,8,11)(H,9,10). The first-order valence-electron chi connectivity index (χ1n) is 9.30. The summed E-state index contributed by atoms with van der Waals surface area (Å²) in [7, 11) is 0. The highest BCUT2D eigenvalue weighted by Crippen LogP contribution is 2.26. The number of aromatic nitrogens is 8. The van der Waals surface area contributed by atoms with E-state index in [1.807, 2.05) is 18.2 Å². The molecule has 0 saturated heterocycles. The second kappa shape index (κ2) is 8.85. The molecule has 5 aromatic rings. The van der Waals surface area contributed by atoms with Crippen molar-refractivity contribution < 1.29 is 4.79 Å². The van der Waals surface area contributed by atoms with Crippen LogP contribution in [-0.4, -0.2) is 45.4 Å². The zero-order valence-corrected chi connectivity index (χ0v) is 17.6. The van der Waals surface area contributed by atoms with Gasteiger partial charge in [0.2, 0.25) is 17.8 Å². The molecular weight excluding hydrogens is 432 g/mol. The zero-order valence-electron chi connectivity index (χ0n) is 16.8. The highest BCUT2D eigenvalue weighted by Gasteiger charge is 2.13. The van der Waals surface area contributed by atoms with Crippen LogP contribution in [0, 0.1) is 0 Å². The maximum Gasteiger partial charge on any atom is 0.287 e. The second-order valence-corrected chi connectivity index (χ2v) is 7.46. The van der Waals surface area contributed by atoms with Crippen molar-refractivity contribution in [2.45, 2.75) is 17.7 Å². The predicted octanol–water partition coefficient (Wildman–Crippen LogP) is 1.59. The van der Waals surface area contributed by atoms with E-state index in [2.05, 4.69) is 47.0 Å². The third kappa shape index (κ3) is 4.27. The van der Waals surface area contributed by atoms with E-state index in [0.717, 1.165) is 20.9 Å². The average molecular weight is 450 g/mol. The Hall–Kier alpha value is -4.26. The van der Waals surface area contributed by atoms with Gasteiger partial charge in [0, 0.05) is 12.7 Å². The molecule has 0 atom stereocenters. The van der Waals surface area contributed by atoms with Crippen molar-refractivity contribution in [2.75, 3.05) is 11.5 Å². The summed E-state index contributed by atoms with van der Waals surface area (Å²) in [5.74, 6) is 0.467. The molecule has 13 heteroatoms. The molecule has 0 bridgehead atoms. The van der Waals surface area contributed by atoms with Crippen LogP contribution < -0.4 is 17.0 Å². The van der Waals surface area contributed by atoms with Crippen LogP contribution in [-0.2, 0) is 5.75 Å². The fourth-order valence-electron chi connectivity index (χ4n) is 2.86. The number of hydrogen-bond acceptors (Lipinski definition) is 10. The van der Waals surface area contributed by atoms with Crippen molar-refractivity contribution in [3.63, 3.8) is 0 Å². The van der Waals surface area contributed by atoms with E-state index in [1.165, 1.54) is 18.8 Å². The van der Waals surface area contributed by atoms with Gasteiger partial charge >= 0.3 is 0 Å². The summed E-state index contributed by atoms with van der Waals surface area (Å²) in [5.41, 5.74) is 13.6. The first-order chi connectivity index (χ1) is 15.4. The van der Waals surface area contributed by atoms with Crippen LogP contribution in [0.4, 0.5) is 11.9 Å². The lowest BCUT2D eigenvalue weighted by molar-refractivity contribution is 0.0934. The van der Waals surface area contributed by atoms with Gasteiger partial charge in [-0.15, -0.1) is 0 Å². The second-order valence-electron chi connectivity index (χ2n) is 6.49. The van der Waals surface area contributed by atoms with Crippen LogP contribution in [0.2, 0.25) is 0 Å². The fraction of sp³-hybridized carbons (Fsp3) is 0.105. The normalized spacial score (nSPS) is 10.8. The number of imidazole rings is 2. The van der Waals surface area contributed by atoms with Gasteiger partial charge in [0.05, 0.1) is 12.7 Å². The lowest BCUT2D eigenvalue weighted by Crippen LogP contribution is -2.28. The number of nitrogens with two attached hydrogens (primary N) is 2. The molecule has 0 spiro atoms. The largest absolute Gasteiger partial charge is 0.369 e. The van der Waals surface area contributed by atoms with Crippen molar-refractivity contribution in [3.8, 4) is 0 Å². The molecule has 0 unspecified atom stereocenters. The highest BCUT2D eigenvalue weighted by molar-refractivity contribution is 7.98. The lowest BCUT2D eigenvalue weighted by atomic mass is 10.2. The Labute approximate surface area is 184 Å². The third-order valence-corrected chi connectivity index (χ3v) is 5.34. The minimum absolute atomic E-state index is 0.151. The Balaban J connectivity index is 0.000000158. The summed E-state index contributed by atoms with van der Waals surface area (Å²) in [5, 5.41) is 0.832. The van der Waals surface area contributed by atoms with Gasteiger partial charge in [-0.3, -0.25) is 9.59 Å². The Morgan fingerprint density at radius 1 is 1.00 bits per heavy atom. The molecule has 4 heterocycles. The Bertz CT molecular complexity index is 1460. The van der Waals surface area contributed by atoms with Gasteiger partial charge in [0.1, 0.15) is 10.5 Å². The molecule has 4 aromatic heterocycles. The summed E-state index contributed by atoms with van der Waals surface area (Å²) >= 11 is 1.62. The zero-order chi connectivity index (χ0) is 22.7. The van der Waals surface area contributed by atoms with E-state index in [4.69, 9.17) is 11.5 Å². The van der Waals surface area contributed by atoms with Crippen molar-refractivity contribution in [2.24, 2.45) is 0 Å². The molecule has 162 valence electrons. The Morgan fingerprint density at radius 3 is 2.34 bits per heavy atom. The molecule has 1 aromatic carbocycles. The van der Waals surface area contributed by atoms with Gasteiger partial charge in [-0.2, -0.15) is 9.97 Å². The number of anilines is 2. The minimum Gasteiger partial charge on any atom is -0.369 e. The number of H-pyrrole nitrogens is 2. The minimum atomic E-state index is -0.530. The van der Waals surface area contributed by atoms with Gasteiger partial charge in [-0.25, -0.2) is 19.5 Å². The van der Waals surface area contributed by atoms with Gasteiger partial charge in [0.15, 0.2) is 16.8 Å². The maximum atomic E-state index is 11.6. The van der Waals surface area contributed by atoms with E-state index in [9.17, 15) is 9.59 Å². The van der Waals surface area contributed by atoms with Crippen LogP contribution in [0.5, 0.6) is 0 Å². The highest BCUT2D eigenvalue weighted by atomic mass is 32.2. The molecule has 32 heavy (non-hydrogen) atoms. The quantitative estimate of drug-likeness (QED) is 0.232. The number of nitrogens with one attached hydrogen (secondary N) is 2. The number of carbonyl (C=O) groups excluding carboxylic acids is 1. The molecule has 0 radical (unpaired) electrons. The molecule has 0 aliphatic heterocycles. The number of carbonyl (C=O) groups is 1. The van der Waals surface area contributed by atoms with Gasteiger partial charge in [0.25, 0.3) is 5.56 Å². The Kier molecular flexibility index (Phi) is 5.81. The van der Waals surface area contributed by atoms with Gasteiger partial charge < -0.3 is 21.4 Å². The van der Waals surface area contributed by atoms with Crippen LogP contribution in [0.25, 0.3) is 22.3 Å². The van der Waals surface area contributed by atoms with Crippen molar-refractivity contribution in [1.29, 1.82) is 0 Å². The molecule has 12 nitrogen and oxygen atoms in total. The number of fused-ring (bicyclic) bond motifs is 2. The van der Waals surface area contributed by atoms with Crippen molar-refractivity contribution >= 4 is 51.9 Å². The Morgan fingerprint density at radius 2 is 1.66 bits per heavy atom. The fourth-order valence-corrected chi connectivity index (χ4v) is 3.81. The van der Waals surface area contributed by atoms with Gasteiger partial charge in [-0.05, 0) is 5.56 Å². The van der Waals surface area contributed by atoms with Crippen LogP contribution >= 0.6 is 11.8 Å². The number of rotatable bonds is 3. The maximum absolute atomic E-state index is 11.6. The number of nitrogen functional groups attached to an aromatic ring is 2. The number of benzene rings is 1. The SMILES string of the molecule is CC(=O)n1c(N)nc2nc[nH]c2c1=O.Nc1nc(SCc2ccccc2)c2[nH]cnc2n1. The van der Waals surface area contributed by atoms with E-state index in [0.29, 0.717) is 5.65 Å². The molecular formula is C19H18N10O2S. The molecule has 5 rings (SSSR count). The number of thioether (sulfide) groups is 1. The summed E-state index contributed by atoms with van der Waals surface area (Å²) in [6.07, 6.45) is 2.92. The van der Waals surface area contributed by atoms with Crippen molar-refractivity contribution in [3.05, 3.63) is 58.9 Å². The van der Waals surface area contributed by atoms with Crippen LogP contribution in [0.1, 0.15) is 17.3 Å². The third-order valence-electron chi connectivity index (χ3n) is 4.29. The number of hydrogen-bond donors (Lipinski definition) is 4. The first-order valence-corrected chi connectivity index (χ1v) is 10.3. The number of nitrogens with zero attached hydrogens (tertiary/aromatic N) is 6. The van der Waals surface area contributed by atoms with E-state index in [1.54, 1.807) is 18.1 Å². The van der Waals surface area contributed by atoms with Crippen LogP contribution in [0.15, 0.2) is 52.8 Å². The first kappa shape index (κ1) is 21.0. The van der Waals surface area contributed by atoms with Crippen molar-refractivity contribution in [1.82, 2.24) is 39.5 Å². The molecule has 0 aliphatic carbocycles. The summed E-state index contributed by atoms with van der Waals surface area (Å²) < 4.78 is 0.792. The van der Waals surface area contributed by atoms with Gasteiger partial charge in [-0.1, -0.05) is 42.1 Å². The molecule has 0 aliphatic rings. The average Bonchev–Trinajstić information content (AvgIpc) is 3.42.